The molecule has 5 heteroatoms. The van der Waals surface area contributed by atoms with Gasteiger partial charge in [0.1, 0.15) is 11.5 Å². The van der Waals surface area contributed by atoms with Crippen molar-refractivity contribution in [1.82, 2.24) is 15.5 Å². The van der Waals surface area contributed by atoms with E-state index >= 15 is 0 Å². The molecule has 2 heterocycles. The zero-order valence-corrected chi connectivity index (χ0v) is 23.6. The minimum absolute atomic E-state index is 0. The van der Waals surface area contributed by atoms with Crippen molar-refractivity contribution >= 4 is 23.3 Å². The van der Waals surface area contributed by atoms with Gasteiger partial charge in [-0.3, -0.25) is 4.79 Å². The lowest BCUT2D eigenvalue weighted by molar-refractivity contribution is 0.0827. The molecule has 0 aromatic heterocycles. The van der Waals surface area contributed by atoms with Gasteiger partial charge in [0.2, 0.25) is 0 Å². The number of hydrogen-bond donors (Lipinski definition) is 2. The van der Waals surface area contributed by atoms with E-state index in [1.54, 1.807) is 19.0 Å². The highest BCUT2D eigenvalue weighted by atomic mass is 16.5. The van der Waals surface area contributed by atoms with Gasteiger partial charge in [-0.1, -0.05) is 71.2 Å². The van der Waals surface area contributed by atoms with Crippen LogP contribution in [0, 0.1) is 6.92 Å². The summed E-state index contributed by atoms with van der Waals surface area (Å²) in [4.78, 5) is 13.8. The topological polar surface area (TPSA) is 63.5 Å². The molecule has 2 aliphatic rings. The van der Waals surface area contributed by atoms with Crippen LogP contribution in [0.15, 0.2) is 91.0 Å². The smallest absolute Gasteiger partial charge is 0.253 e. The molecular weight excluding hydrogens is 506 g/mol. The van der Waals surface area contributed by atoms with E-state index in [1.807, 2.05) is 62.7 Å². The lowest BCUT2D eigenvalue weighted by Gasteiger charge is -2.16. The van der Waals surface area contributed by atoms with Gasteiger partial charge >= 0.3 is 0 Å². The first-order chi connectivity index (χ1) is 18.9. The Kier molecular flexibility index (Phi) is 11.8. The molecular formula is C36H45N3O2. The van der Waals surface area contributed by atoms with Crippen molar-refractivity contribution in [1.29, 1.82) is 0 Å². The highest BCUT2D eigenvalue weighted by Crippen LogP contribution is 2.36. The monoisotopic (exact) mass is 551 g/mol. The number of amides is 1. The third-order valence-corrected chi connectivity index (χ3v) is 6.62. The molecule has 2 N–H and O–H groups in total. The first kappa shape index (κ1) is 32.7. The SMILES string of the molecule is C.C.C/C(=C\c1cccc(-c2ccc(OC3=CC=CNC3)c(C3=CN3)c2)c1C)c1ccc(C(=O)N(C)C)cc1.CC. The van der Waals surface area contributed by atoms with Crippen LogP contribution in [0.2, 0.25) is 0 Å². The second-order valence-corrected chi connectivity index (χ2v) is 9.51. The van der Waals surface area contributed by atoms with Gasteiger partial charge in [-0.15, -0.1) is 0 Å². The predicted molar refractivity (Wildman–Crippen MR) is 176 cm³/mol. The number of carbonyl (C=O) groups excluding carboxylic acids is 1. The van der Waals surface area contributed by atoms with Gasteiger partial charge in [0, 0.05) is 31.4 Å². The number of nitrogens with one attached hydrogen (secondary N) is 2. The number of carbonyl (C=O) groups is 1. The van der Waals surface area contributed by atoms with E-state index in [4.69, 9.17) is 4.74 Å². The van der Waals surface area contributed by atoms with Crippen molar-refractivity contribution in [3.05, 3.63) is 119 Å². The zero-order chi connectivity index (χ0) is 27.9. The lowest BCUT2D eigenvalue weighted by Crippen LogP contribution is -2.21. The first-order valence-electron chi connectivity index (χ1n) is 13.4. The molecule has 0 spiro atoms. The van der Waals surface area contributed by atoms with Crippen LogP contribution in [-0.4, -0.2) is 31.4 Å². The van der Waals surface area contributed by atoms with E-state index in [0.29, 0.717) is 12.1 Å². The van der Waals surface area contributed by atoms with Crippen LogP contribution < -0.4 is 15.4 Å². The Labute approximate surface area is 246 Å². The molecule has 216 valence electrons. The maximum absolute atomic E-state index is 12.2. The van der Waals surface area contributed by atoms with Crippen LogP contribution >= 0.6 is 0 Å². The van der Waals surface area contributed by atoms with E-state index in [9.17, 15) is 4.79 Å². The quantitative estimate of drug-likeness (QED) is 0.289. The number of ether oxygens (including phenoxy) is 1. The first-order valence-corrected chi connectivity index (χ1v) is 13.4. The number of benzene rings is 3. The van der Waals surface area contributed by atoms with E-state index in [2.05, 4.69) is 67.0 Å². The van der Waals surface area contributed by atoms with E-state index < -0.39 is 0 Å². The second kappa shape index (κ2) is 14.8. The standard InChI is InChI=1S/C32H31N3O2.C2H6.2CH4/c1-21(23-10-12-24(13-11-23)32(36)35(3)4)17-25-7-5-9-28(22(25)2)26-14-15-31(29(18-26)30-20-34-30)37-27-8-6-16-33-19-27;1-2;;/h5-18,20,33-34H,19H2,1-4H3;1-2H3;2*1H4/b21-17+;;;. The number of nitrogens with zero attached hydrogens (tertiary/aromatic N) is 1. The van der Waals surface area contributed by atoms with Crippen LogP contribution in [0.1, 0.15) is 68.2 Å². The summed E-state index contributed by atoms with van der Waals surface area (Å²) in [6.07, 6.45) is 10.0. The summed E-state index contributed by atoms with van der Waals surface area (Å²) < 4.78 is 6.20. The van der Waals surface area contributed by atoms with Gasteiger partial charge in [-0.05, 0) is 89.9 Å². The Balaban J connectivity index is 0.00000144. The maximum atomic E-state index is 12.2. The molecule has 3 aromatic carbocycles. The zero-order valence-electron chi connectivity index (χ0n) is 23.6. The van der Waals surface area contributed by atoms with Gasteiger partial charge < -0.3 is 20.3 Å². The minimum Gasteiger partial charge on any atom is -0.459 e. The Morgan fingerprint density at radius 3 is 2.24 bits per heavy atom. The van der Waals surface area contributed by atoms with Crippen LogP contribution in [0.5, 0.6) is 5.75 Å². The van der Waals surface area contributed by atoms with Crippen molar-refractivity contribution in [3.8, 4) is 16.9 Å². The van der Waals surface area contributed by atoms with E-state index in [1.165, 1.54) is 16.7 Å². The van der Waals surface area contributed by atoms with Crippen LogP contribution in [0.25, 0.3) is 28.5 Å². The summed E-state index contributed by atoms with van der Waals surface area (Å²) >= 11 is 0. The fourth-order valence-electron chi connectivity index (χ4n) is 4.41. The van der Waals surface area contributed by atoms with Crippen LogP contribution in [0.3, 0.4) is 0 Å². The largest absolute Gasteiger partial charge is 0.459 e. The summed E-state index contributed by atoms with van der Waals surface area (Å²) in [5, 5.41) is 6.41. The van der Waals surface area contributed by atoms with Crippen molar-refractivity contribution in [2.45, 2.75) is 42.5 Å². The highest BCUT2D eigenvalue weighted by Gasteiger charge is 2.19. The molecule has 41 heavy (non-hydrogen) atoms. The number of hydrogen-bond acceptors (Lipinski definition) is 4. The van der Waals surface area contributed by atoms with Crippen LogP contribution in [0.4, 0.5) is 0 Å². The number of rotatable bonds is 7. The molecule has 2 aliphatic heterocycles. The Hall–Kier alpha value is -4.51. The van der Waals surface area contributed by atoms with Crippen molar-refractivity contribution in [3.63, 3.8) is 0 Å². The second-order valence-electron chi connectivity index (χ2n) is 9.51. The van der Waals surface area contributed by atoms with E-state index in [0.717, 1.165) is 39.5 Å². The number of allylic oxidation sites excluding steroid dienone is 3. The molecule has 0 bridgehead atoms. The molecule has 0 unspecified atom stereocenters. The molecule has 3 aromatic rings. The maximum Gasteiger partial charge on any atom is 0.253 e. The molecule has 0 saturated carbocycles. The molecule has 0 fully saturated rings. The normalized spacial score (nSPS) is 13.0. The summed E-state index contributed by atoms with van der Waals surface area (Å²) in [6.45, 7) is 8.94. The van der Waals surface area contributed by atoms with Crippen molar-refractivity contribution in [2.24, 2.45) is 0 Å². The van der Waals surface area contributed by atoms with Gasteiger partial charge in [0.25, 0.3) is 5.91 Å². The lowest BCUT2D eigenvalue weighted by atomic mass is 9.93. The fraction of sp³-hybridized carbons (Fsp3) is 0.250. The van der Waals surface area contributed by atoms with E-state index in [-0.39, 0.29) is 20.8 Å². The molecule has 0 aliphatic carbocycles. The summed E-state index contributed by atoms with van der Waals surface area (Å²) in [5.41, 5.74) is 9.77. The fourth-order valence-corrected chi connectivity index (χ4v) is 4.41. The summed E-state index contributed by atoms with van der Waals surface area (Å²) in [5.74, 6) is 1.73. The highest BCUT2D eigenvalue weighted by molar-refractivity contribution is 5.94. The third kappa shape index (κ3) is 7.79. The molecule has 0 atom stereocenters. The molecule has 5 rings (SSSR count). The average Bonchev–Trinajstić information content (AvgIpc) is 3.81. The van der Waals surface area contributed by atoms with Gasteiger partial charge in [-0.2, -0.15) is 0 Å². The summed E-state index contributed by atoms with van der Waals surface area (Å²) in [6, 6.07) is 20.6. The minimum atomic E-state index is 0. The van der Waals surface area contributed by atoms with Crippen molar-refractivity contribution < 1.29 is 9.53 Å². The van der Waals surface area contributed by atoms with Crippen molar-refractivity contribution in [2.75, 3.05) is 20.6 Å². The Morgan fingerprint density at radius 1 is 0.951 bits per heavy atom. The Morgan fingerprint density at radius 2 is 1.63 bits per heavy atom. The summed E-state index contributed by atoms with van der Waals surface area (Å²) in [7, 11) is 3.53. The molecule has 0 radical (unpaired) electrons. The molecule has 1 amide bonds. The number of dihydropyridines is 1. The van der Waals surface area contributed by atoms with Gasteiger partial charge in [0.15, 0.2) is 0 Å². The third-order valence-electron chi connectivity index (χ3n) is 6.62. The Bertz CT molecular complexity index is 1480. The molecule has 5 nitrogen and oxygen atoms in total. The van der Waals surface area contributed by atoms with Crippen LogP contribution in [-0.2, 0) is 0 Å². The molecule has 0 saturated heterocycles. The average molecular weight is 552 g/mol. The predicted octanol–water partition coefficient (Wildman–Crippen LogP) is 8.50. The van der Waals surface area contributed by atoms with Gasteiger partial charge in [-0.25, -0.2) is 0 Å². The van der Waals surface area contributed by atoms with Gasteiger partial charge in [0.05, 0.1) is 12.2 Å².